The highest BCUT2D eigenvalue weighted by Crippen LogP contribution is 2.51. The summed E-state index contributed by atoms with van der Waals surface area (Å²) in [5.41, 5.74) is 0. The Morgan fingerprint density at radius 3 is 2.31 bits per heavy atom. The largest absolute Gasteiger partial charge is 0.480 e. The van der Waals surface area contributed by atoms with E-state index in [1.165, 1.54) is 6.42 Å². The predicted molar refractivity (Wildman–Crippen MR) is 67.7 cm³/mol. The van der Waals surface area contributed by atoms with Crippen LogP contribution in [0.3, 0.4) is 0 Å². The Labute approximate surface area is 102 Å². The third kappa shape index (κ3) is 2.11. The number of hydrogen-bond acceptors (Lipinski definition) is 2. The number of carboxylic acid groups (broad SMARTS) is 1. The zero-order chi connectivity index (χ0) is 11.8. The average molecular weight is 242 g/mol. The van der Waals surface area contributed by atoms with Crippen molar-refractivity contribution >= 4 is 17.7 Å². The molecule has 1 saturated carbocycles. The van der Waals surface area contributed by atoms with Crippen LogP contribution in [-0.2, 0) is 4.79 Å². The van der Waals surface area contributed by atoms with Crippen molar-refractivity contribution in [1.29, 1.82) is 0 Å². The maximum absolute atomic E-state index is 11.6. The van der Waals surface area contributed by atoms with Gasteiger partial charge < -0.3 is 5.11 Å². The van der Waals surface area contributed by atoms with Gasteiger partial charge in [-0.15, -0.1) is 11.8 Å². The van der Waals surface area contributed by atoms with Crippen LogP contribution in [-0.4, -0.2) is 21.6 Å². The van der Waals surface area contributed by atoms with Crippen molar-refractivity contribution in [3.63, 3.8) is 0 Å². The topological polar surface area (TPSA) is 37.3 Å². The van der Waals surface area contributed by atoms with Crippen LogP contribution in [0.4, 0.5) is 0 Å². The lowest BCUT2D eigenvalue weighted by Crippen LogP contribution is -2.43. The first kappa shape index (κ1) is 12.3. The molecule has 1 heterocycles. The molecule has 1 N–H and O–H groups in total. The molecule has 3 atom stereocenters. The Bertz CT molecular complexity index is 261. The smallest absolute Gasteiger partial charge is 0.320 e. The SMILES string of the molecule is CC1CC(C)CC(C2(C(=O)O)CCCS2)C1. The van der Waals surface area contributed by atoms with E-state index in [1.807, 2.05) is 0 Å². The maximum atomic E-state index is 11.6. The van der Waals surface area contributed by atoms with Crippen LogP contribution in [0.25, 0.3) is 0 Å². The van der Waals surface area contributed by atoms with E-state index in [4.69, 9.17) is 0 Å². The fraction of sp³-hybridized carbons (Fsp3) is 0.923. The van der Waals surface area contributed by atoms with Crippen LogP contribution in [0, 0.1) is 17.8 Å². The van der Waals surface area contributed by atoms with Crippen molar-refractivity contribution in [3.8, 4) is 0 Å². The van der Waals surface area contributed by atoms with Crippen molar-refractivity contribution in [1.82, 2.24) is 0 Å². The molecule has 3 heteroatoms. The third-order valence-electron chi connectivity index (χ3n) is 4.25. The Morgan fingerprint density at radius 1 is 1.25 bits per heavy atom. The predicted octanol–water partition coefficient (Wildman–Crippen LogP) is 3.41. The van der Waals surface area contributed by atoms with Crippen molar-refractivity contribution in [2.75, 3.05) is 5.75 Å². The third-order valence-corrected chi connectivity index (χ3v) is 5.97. The summed E-state index contributed by atoms with van der Waals surface area (Å²) >= 11 is 1.71. The molecular formula is C13H22O2S. The van der Waals surface area contributed by atoms with E-state index in [-0.39, 0.29) is 0 Å². The molecule has 3 unspecified atom stereocenters. The van der Waals surface area contributed by atoms with Crippen LogP contribution in [0.1, 0.15) is 46.0 Å². The Hall–Kier alpha value is -0.180. The summed E-state index contributed by atoms with van der Waals surface area (Å²) in [6.45, 7) is 4.55. The number of rotatable bonds is 2. The van der Waals surface area contributed by atoms with Gasteiger partial charge in [-0.1, -0.05) is 13.8 Å². The standard InChI is InChI=1S/C13H22O2S/c1-9-6-10(2)8-11(7-9)13(12(14)15)4-3-5-16-13/h9-11H,3-8H2,1-2H3,(H,14,15). The molecule has 2 nitrogen and oxygen atoms in total. The number of carboxylic acids is 1. The highest BCUT2D eigenvalue weighted by molar-refractivity contribution is 8.01. The second kappa shape index (κ2) is 4.59. The van der Waals surface area contributed by atoms with Gasteiger partial charge >= 0.3 is 5.97 Å². The van der Waals surface area contributed by atoms with Gasteiger partial charge in [-0.3, -0.25) is 4.79 Å². The summed E-state index contributed by atoms with van der Waals surface area (Å²) in [5.74, 6) is 2.28. The summed E-state index contributed by atoms with van der Waals surface area (Å²) in [5, 5.41) is 9.57. The molecule has 1 saturated heterocycles. The molecule has 0 amide bonds. The highest BCUT2D eigenvalue weighted by Gasteiger charge is 2.50. The lowest BCUT2D eigenvalue weighted by Gasteiger charge is -2.40. The Kier molecular flexibility index (Phi) is 3.53. The fourth-order valence-corrected chi connectivity index (χ4v) is 5.15. The first-order valence-corrected chi connectivity index (χ1v) is 7.40. The van der Waals surface area contributed by atoms with E-state index in [9.17, 15) is 9.90 Å². The maximum Gasteiger partial charge on any atom is 0.320 e. The number of aliphatic carboxylic acids is 1. The molecule has 0 aromatic rings. The van der Waals surface area contributed by atoms with Crippen LogP contribution in [0.5, 0.6) is 0 Å². The molecule has 92 valence electrons. The minimum absolute atomic E-state index is 0.399. The van der Waals surface area contributed by atoms with Gasteiger partial charge in [0.15, 0.2) is 0 Å². The molecule has 2 aliphatic rings. The average Bonchev–Trinajstić information content (AvgIpc) is 2.65. The van der Waals surface area contributed by atoms with Crippen LogP contribution in [0.15, 0.2) is 0 Å². The molecule has 0 aromatic carbocycles. The van der Waals surface area contributed by atoms with Gasteiger partial charge in [0.1, 0.15) is 4.75 Å². The van der Waals surface area contributed by atoms with Crippen LogP contribution in [0.2, 0.25) is 0 Å². The molecule has 16 heavy (non-hydrogen) atoms. The van der Waals surface area contributed by atoms with Crippen LogP contribution < -0.4 is 0 Å². The molecule has 1 aliphatic carbocycles. The number of carbonyl (C=O) groups is 1. The van der Waals surface area contributed by atoms with Gasteiger partial charge in [0.05, 0.1) is 0 Å². The van der Waals surface area contributed by atoms with Gasteiger partial charge in [-0.25, -0.2) is 0 Å². The van der Waals surface area contributed by atoms with Crippen molar-refractivity contribution in [3.05, 3.63) is 0 Å². The van der Waals surface area contributed by atoms with Gasteiger partial charge in [-0.05, 0) is 55.6 Å². The molecular weight excluding hydrogens is 220 g/mol. The van der Waals surface area contributed by atoms with Gasteiger partial charge in [0, 0.05) is 0 Å². The number of thioether (sulfide) groups is 1. The summed E-state index contributed by atoms with van der Waals surface area (Å²) in [6.07, 6.45) is 5.47. The normalized spacial score (nSPS) is 44.5. The summed E-state index contributed by atoms with van der Waals surface area (Å²) in [7, 11) is 0. The van der Waals surface area contributed by atoms with Gasteiger partial charge in [-0.2, -0.15) is 0 Å². The zero-order valence-corrected chi connectivity index (χ0v) is 11.1. The molecule has 0 bridgehead atoms. The van der Waals surface area contributed by atoms with E-state index in [0.29, 0.717) is 17.8 Å². The van der Waals surface area contributed by atoms with Crippen LogP contribution >= 0.6 is 11.8 Å². The molecule has 0 radical (unpaired) electrons. The lowest BCUT2D eigenvalue weighted by molar-refractivity contribution is -0.142. The van der Waals surface area contributed by atoms with E-state index in [0.717, 1.165) is 31.4 Å². The molecule has 0 aromatic heterocycles. The minimum atomic E-state index is -0.554. The summed E-state index contributed by atoms with van der Waals surface area (Å²) < 4.78 is -0.442. The lowest BCUT2D eigenvalue weighted by atomic mass is 9.70. The van der Waals surface area contributed by atoms with E-state index in [2.05, 4.69) is 13.8 Å². The van der Waals surface area contributed by atoms with E-state index < -0.39 is 10.7 Å². The van der Waals surface area contributed by atoms with Crippen molar-refractivity contribution in [2.24, 2.45) is 17.8 Å². The molecule has 0 spiro atoms. The fourth-order valence-electron chi connectivity index (χ4n) is 3.65. The second-order valence-electron chi connectivity index (χ2n) is 5.76. The first-order chi connectivity index (χ1) is 7.54. The molecule has 1 aliphatic heterocycles. The highest BCUT2D eigenvalue weighted by atomic mass is 32.2. The minimum Gasteiger partial charge on any atom is -0.480 e. The Balaban J connectivity index is 2.17. The molecule has 2 fully saturated rings. The first-order valence-electron chi connectivity index (χ1n) is 6.42. The van der Waals surface area contributed by atoms with E-state index in [1.54, 1.807) is 11.8 Å². The second-order valence-corrected chi connectivity index (χ2v) is 7.19. The quantitative estimate of drug-likeness (QED) is 0.806. The van der Waals surface area contributed by atoms with Crippen molar-refractivity contribution < 1.29 is 9.90 Å². The Morgan fingerprint density at radius 2 is 1.88 bits per heavy atom. The van der Waals surface area contributed by atoms with Crippen molar-refractivity contribution in [2.45, 2.75) is 50.7 Å². The van der Waals surface area contributed by atoms with Gasteiger partial charge in [0.25, 0.3) is 0 Å². The molecule has 2 rings (SSSR count). The van der Waals surface area contributed by atoms with Gasteiger partial charge in [0.2, 0.25) is 0 Å². The van der Waals surface area contributed by atoms with E-state index >= 15 is 0 Å². The summed E-state index contributed by atoms with van der Waals surface area (Å²) in [4.78, 5) is 11.6. The number of hydrogen-bond donors (Lipinski definition) is 1. The monoisotopic (exact) mass is 242 g/mol. The zero-order valence-electron chi connectivity index (χ0n) is 10.2. The summed E-state index contributed by atoms with van der Waals surface area (Å²) in [6, 6.07) is 0.